The number of ether oxygens (including phenoxy) is 2. The Hall–Kier alpha value is -1.78. The van der Waals surface area contributed by atoms with Gasteiger partial charge in [0.1, 0.15) is 6.61 Å². The zero-order chi connectivity index (χ0) is 15.8. The van der Waals surface area contributed by atoms with Crippen molar-refractivity contribution in [1.29, 1.82) is 0 Å². The summed E-state index contributed by atoms with van der Waals surface area (Å²) in [5, 5.41) is 0. The van der Waals surface area contributed by atoms with Gasteiger partial charge in [-0.3, -0.25) is 0 Å². The van der Waals surface area contributed by atoms with Gasteiger partial charge in [-0.2, -0.15) is 0 Å². The van der Waals surface area contributed by atoms with E-state index in [1.54, 1.807) is 17.9 Å². The number of nitrogens with zero attached hydrogens (tertiary/aromatic N) is 1. The van der Waals surface area contributed by atoms with Crippen LogP contribution in [0.4, 0.5) is 4.79 Å². The summed E-state index contributed by atoms with van der Waals surface area (Å²) in [4.78, 5) is 25.6. The number of hydrogen-bond acceptors (Lipinski definition) is 4. The molecule has 21 heavy (non-hydrogen) atoms. The van der Waals surface area contributed by atoms with Gasteiger partial charge in [-0.15, -0.1) is 0 Å². The smallest absolute Gasteiger partial charge is 0.410 e. The number of carbonyl (C=O) groups excluding carboxylic acids is 2. The fourth-order valence-electron chi connectivity index (χ4n) is 2.32. The molecule has 1 aliphatic rings. The van der Waals surface area contributed by atoms with Crippen molar-refractivity contribution in [3.63, 3.8) is 0 Å². The molecule has 0 aromatic heterocycles. The highest BCUT2D eigenvalue weighted by molar-refractivity contribution is 5.89. The molecule has 0 spiro atoms. The normalized spacial score (nSPS) is 18.2. The van der Waals surface area contributed by atoms with Crippen molar-refractivity contribution >= 4 is 12.1 Å². The highest BCUT2D eigenvalue weighted by Crippen LogP contribution is 2.23. The lowest BCUT2D eigenvalue weighted by molar-refractivity contribution is -0.138. The second-order valence-corrected chi connectivity index (χ2v) is 5.42. The van der Waals surface area contributed by atoms with E-state index in [-0.39, 0.29) is 24.7 Å². The molecule has 1 aliphatic heterocycles. The Morgan fingerprint density at radius 1 is 1.48 bits per heavy atom. The van der Waals surface area contributed by atoms with Crippen molar-refractivity contribution in [1.82, 2.24) is 4.90 Å². The predicted molar refractivity (Wildman–Crippen MR) is 80.8 cm³/mol. The lowest BCUT2D eigenvalue weighted by Gasteiger charge is -2.34. The molecule has 118 valence electrons. The Kier molecular flexibility index (Phi) is 6.99. The quantitative estimate of drug-likeness (QED) is 0.558. The Balaban J connectivity index is 2.84. The van der Waals surface area contributed by atoms with Gasteiger partial charge in [0.2, 0.25) is 0 Å². The molecular weight excluding hydrogens is 270 g/mol. The summed E-state index contributed by atoms with van der Waals surface area (Å²) >= 11 is 0. The van der Waals surface area contributed by atoms with Crippen molar-refractivity contribution in [2.45, 2.75) is 39.7 Å². The van der Waals surface area contributed by atoms with Gasteiger partial charge in [0.05, 0.1) is 12.6 Å². The van der Waals surface area contributed by atoms with E-state index in [1.807, 2.05) is 6.08 Å². The maximum atomic E-state index is 12.1. The molecule has 5 nitrogen and oxygen atoms in total. The third-order valence-electron chi connectivity index (χ3n) is 3.23. The van der Waals surface area contributed by atoms with Crippen molar-refractivity contribution < 1.29 is 19.1 Å². The van der Waals surface area contributed by atoms with Gasteiger partial charge < -0.3 is 14.4 Å². The lowest BCUT2D eigenvalue weighted by Crippen LogP contribution is -2.44. The van der Waals surface area contributed by atoms with E-state index in [0.717, 1.165) is 6.42 Å². The summed E-state index contributed by atoms with van der Waals surface area (Å²) in [6.07, 6.45) is 4.30. The molecule has 1 amide bonds. The minimum atomic E-state index is -0.361. The molecule has 5 heteroatoms. The van der Waals surface area contributed by atoms with Crippen molar-refractivity contribution in [2.24, 2.45) is 5.92 Å². The SMILES string of the molecule is C=CCOC(=O)N1CCC(C(=O)OCC)=C[C@@H]1CC(C)C. The zero-order valence-corrected chi connectivity index (χ0v) is 13.1. The van der Waals surface area contributed by atoms with Crippen LogP contribution in [0.2, 0.25) is 0 Å². The van der Waals surface area contributed by atoms with E-state index in [1.165, 1.54) is 0 Å². The Morgan fingerprint density at radius 2 is 2.19 bits per heavy atom. The van der Waals surface area contributed by atoms with E-state index >= 15 is 0 Å². The van der Waals surface area contributed by atoms with Gasteiger partial charge in [-0.1, -0.05) is 32.6 Å². The average Bonchev–Trinajstić information content (AvgIpc) is 2.44. The third kappa shape index (κ3) is 5.25. The maximum Gasteiger partial charge on any atom is 0.410 e. The van der Waals surface area contributed by atoms with Crippen molar-refractivity contribution in [2.75, 3.05) is 19.8 Å². The van der Waals surface area contributed by atoms with Crippen LogP contribution in [0, 0.1) is 5.92 Å². The van der Waals surface area contributed by atoms with Crippen LogP contribution in [-0.4, -0.2) is 42.8 Å². The van der Waals surface area contributed by atoms with Gasteiger partial charge in [0, 0.05) is 12.1 Å². The number of hydrogen-bond donors (Lipinski definition) is 0. The third-order valence-corrected chi connectivity index (χ3v) is 3.23. The Labute approximate surface area is 126 Å². The first-order valence-corrected chi connectivity index (χ1v) is 7.41. The fourth-order valence-corrected chi connectivity index (χ4v) is 2.32. The average molecular weight is 295 g/mol. The molecule has 1 atom stereocenters. The fraction of sp³-hybridized carbons (Fsp3) is 0.625. The molecule has 0 saturated heterocycles. The van der Waals surface area contributed by atoms with E-state index in [4.69, 9.17) is 9.47 Å². The van der Waals surface area contributed by atoms with Gasteiger partial charge in [0.25, 0.3) is 0 Å². The van der Waals surface area contributed by atoms with Gasteiger partial charge in [-0.05, 0) is 25.7 Å². The van der Waals surface area contributed by atoms with Gasteiger partial charge in [0.15, 0.2) is 0 Å². The molecule has 0 aromatic carbocycles. The minimum Gasteiger partial charge on any atom is -0.463 e. The van der Waals surface area contributed by atoms with Crippen molar-refractivity contribution in [3.8, 4) is 0 Å². The summed E-state index contributed by atoms with van der Waals surface area (Å²) < 4.78 is 10.1. The first-order valence-electron chi connectivity index (χ1n) is 7.41. The van der Waals surface area contributed by atoms with Gasteiger partial charge >= 0.3 is 12.1 Å². The van der Waals surface area contributed by atoms with Crippen LogP contribution in [0.15, 0.2) is 24.3 Å². The highest BCUT2D eigenvalue weighted by atomic mass is 16.6. The molecule has 0 fully saturated rings. The highest BCUT2D eigenvalue weighted by Gasteiger charge is 2.30. The second-order valence-electron chi connectivity index (χ2n) is 5.42. The van der Waals surface area contributed by atoms with E-state index < -0.39 is 0 Å². The summed E-state index contributed by atoms with van der Waals surface area (Å²) in [6.45, 7) is 10.5. The largest absolute Gasteiger partial charge is 0.463 e. The predicted octanol–water partition coefficient (Wildman–Crippen LogP) is 2.92. The second kappa shape index (κ2) is 8.49. The molecule has 1 heterocycles. The Bertz CT molecular complexity index is 415. The van der Waals surface area contributed by atoms with Crippen LogP contribution in [-0.2, 0) is 14.3 Å². The van der Waals surface area contributed by atoms with Crippen LogP contribution in [0.1, 0.15) is 33.6 Å². The molecule has 0 bridgehead atoms. The molecular formula is C16H25NO4. The van der Waals surface area contributed by atoms with Crippen LogP contribution in [0.25, 0.3) is 0 Å². The molecule has 0 saturated carbocycles. The maximum absolute atomic E-state index is 12.1. The summed E-state index contributed by atoms with van der Waals surface area (Å²) in [5.74, 6) is 0.118. The van der Waals surface area contributed by atoms with E-state index in [2.05, 4.69) is 20.4 Å². The minimum absolute atomic E-state index is 0.129. The Morgan fingerprint density at radius 3 is 2.76 bits per heavy atom. The van der Waals surface area contributed by atoms with Crippen molar-refractivity contribution in [3.05, 3.63) is 24.3 Å². The first-order chi connectivity index (χ1) is 9.99. The molecule has 1 rings (SSSR count). The standard InChI is InChI=1S/C16H25NO4/c1-5-9-21-16(19)17-8-7-13(15(18)20-6-2)11-14(17)10-12(3)4/h5,11-12,14H,1,6-10H2,2-4H3/t14-/m0/s1. The molecule has 0 radical (unpaired) electrons. The van der Waals surface area contributed by atoms with Gasteiger partial charge in [-0.25, -0.2) is 9.59 Å². The molecule has 0 aromatic rings. The zero-order valence-electron chi connectivity index (χ0n) is 13.1. The number of esters is 1. The number of amides is 1. The summed E-state index contributed by atoms with van der Waals surface area (Å²) in [6, 6.07) is -0.129. The number of rotatable bonds is 6. The van der Waals surface area contributed by atoms with Crippen LogP contribution in [0.5, 0.6) is 0 Å². The van der Waals surface area contributed by atoms with E-state index in [9.17, 15) is 9.59 Å². The summed E-state index contributed by atoms with van der Waals surface area (Å²) in [7, 11) is 0. The number of carbonyl (C=O) groups is 2. The first kappa shape index (κ1) is 17.3. The topological polar surface area (TPSA) is 55.8 Å². The van der Waals surface area contributed by atoms with Crippen LogP contribution < -0.4 is 0 Å². The van der Waals surface area contributed by atoms with E-state index in [0.29, 0.717) is 31.1 Å². The molecule has 0 aliphatic carbocycles. The molecule has 0 N–H and O–H groups in total. The monoisotopic (exact) mass is 295 g/mol. The van der Waals surface area contributed by atoms with Crippen LogP contribution in [0.3, 0.4) is 0 Å². The molecule has 0 unspecified atom stereocenters. The summed E-state index contributed by atoms with van der Waals surface area (Å²) in [5.41, 5.74) is 0.648. The lowest BCUT2D eigenvalue weighted by atomic mass is 9.95. The van der Waals surface area contributed by atoms with Crippen LogP contribution >= 0.6 is 0 Å².